The van der Waals surface area contributed by atoms with Gasteiger partial charge in [-0.25, -0.2) is 0 Å². The summed E-state index contributed by atoms with van der Waals surface area (Å²) in [6.07, 6.45) is 8.16. The lowest BCUT2D eigenvalue weighted by Gasteiger charge is -2.34. The fourth-order valence-electron chi connectivity index (χ4n) is 3.26. The normalized spacial score (nSPS) is 22.3. The Kier molecular flexibility index (Phi) is 9.45. The molecule has 29 heavy (non-hydrogen) atoms. The minimum atomic E-state index is -4.08. The molecule has 7 nitrogen and oxygen atoms in total. The van der Waals surface area contributed by atoms with Crippen LogP contribution in [0.5, 0.6) is 0 Å². The summed E-state index contributed by atoms with van der Waals surface area (Å²) in [4.78, 5) is 23.9. The van der Waals surface area contributed by atoms with E-state index < -0.39 is 21.3 Å². The molecule has 0 aliphatic heterocycles. The lowest BCUT2D eigenvalue weighted by atomic mass is 9.71. The molecule has 0 aromatic rings. The number of hydrogen-bond acceptors (Lipinski definition) is 5. The maximum absolute atomic E-state index is 12.0. The van der Waals surface area contributed by atoms with Crippen molar-refractivity contribution in [1.82, 2.24) is 5.32 Å². The zero-order chi connectivity index (χ0) is 22.2. The van der Waals surface area contributed by atoms with Crippen LogP contribution < -0.4 is 5.32 Å². The summed E-state index contributed by atoms with van der Waals surface area (Å²) in [7, 11) is -4.08. The molecule has 0 radical (unpaired) electrons. The third-order valence-corrected chi connectivity index (χ3v) is 6.13. The second kappa shape index (κ2) is 10.8. The van der Waals surface area contributed by atoms with Crippen molar-refractivity contribution in [2.75, 3.05) is 18.9 Å². The number of aliphatic hydroxyl groups excluding tert-OH is 1. The van der Waals surface area contributed by atoms with Gasteiger partial charge in [0.1, 0.15) is 0 Å². The van der Waals surface area contributed by atoms with Crippen molar-refractivity contribution < 1.29 is 27.7 Å². The first-order valence-electron chi connectivity index (χ1n) is 9.83. The number of carbonyl (C=O) groups is 2. The molecular formula is C21H33NO6S. The predicted molar refractivity (Wildman–Crippen MR) is 113 cm³/mol. The summed E-state index contributed by atoms with van der Waals surface area (Å²) in [5.41, 5.74) is 2.15. The molecule has 1 rings (SSSR count). The van der Waals surface area contributed by atoms with Gasteiger partial charge >= 0.3 is 0 Å². The molecule has 0 bridgehead atoms. The Balaban J connectivity index is 2.62. The highest BCUT2D eigenvalue weighted by Gasteiger charge is 2.34. The number of amides is 1. The molecule has 0 saturated heterocycles. The first-order chi connectivity index (χ1) is 13.4. The number of nitrogens with one attached hydrogen (secondary N) is 1. The molecule has 0 heterocycles. The second-order valence-electron chi connectivity index (χ2n) is 8.02. The minimum absolute atomic E-state index is 0.00966. The predicted octanol–water partition coefficient (Wildman–Crippen LogP) is 2.59. The summed E-state index contributed by atoms with van der Waals surface area (Å²) in [5.74, 6) is -0.927. The van der Waals surface area contributed by atoms with Crippen LogP contribution in [0, 0.1) is 11.3 Å². The van der Waals surface area contributed by atoms with Crippen LogP contribution in [0.1, 0.15) is 53.4 Å². The summed E-state index contributed by atoms with van der Waals surface area (Å²) >= 11 is 0. The maximum Gasteiger partial charge on any atom is 0.266 e. The zero-order valence-electron chi connectivity index (χ0n) is 17.7. The Morgan fingerprint density at radius 1 is 1.38 bits per heavy atom. The molecule has 1 amide bonds. The first-order valence-corrected chi connectivity index (χ1v) is 11.4. The number of carbonyl (C=O) groups excluding carboxylic acids is 2. The van der Waals surface area contributed by atoms with Crippen LogP contribution in [0.3, 0.4) is 0 Å². The van der Waals surface area contributed by atoms with Crippen molar-refractivity contribution in [3.63, 3.8) is 0 Å². The van der Waals surface area contributed by atoms with Crippen LogP contribution in [-0.2, 0) is 19.7 Å². The topological polar surface area (TPSA) is 121 Å². The molecule has 2 unspecified atom stereocenters. The monoisotopic (exact) mass is 427 g/mol. The molecule has 0 spiro atoms. The molecule has 0 fully saturated rings. The number of aliphatic hydroxyl groups is 1. The van der Waals surface area contributed by atoms with Crippen molar-refractivity contribution in [2.45, 2.75) is 53.4 Å². The zero-order valence-corrected chi connectivity index (χ0v) is 18.5. The number of Topliss-reactive ketones (excluding diaryl/α,β-unsaturated/α-hetero) is 1. The van der Waals surface area contributed by atoms with Crippen LogP contribution in [0.4, 0.5) is 0 Å². The molecule has 0 saturated carbocycles. The highest BCUT2D eigenvalue weighted by Crippen LogP contribution is 2.39. The van der Waals surface area contributed by atoms with Gasteiger partial charge in [-0.2, -0.15) is 8.42 Å². The summed E-state index contributed by atoms with van der Waals surface area (Å²) in [6.45, 7) is 7.33. The van der Waals surface area contributed by atoms with Crippen LogP contribution in [0.25, 0.3) is 0 Å². The molecule has 164 valence electrons. The van der Waals surface area contributed by atoms with E-state index in [4.69, 9.17) is 4.55 Å². The van der Waals surface area contributed by atoms with Gasteiger partial charge in [0.25, 0.3) is 10.1 Å². The molecule has 1 aliphatic rings. The Labute approximate surface area is 173 Å². The Bertz CT molecular complexity index is 809. The molecule has 1 aliphatic carbocycles. The molecule has 0 aromatic heterocycles. The van der Waals surface area contributed by atoms with Crippen molar-refractivity contribution in [2.24, 2.45) is 11.3 Å². The van der Waals surface area contributed by atoms with Gasteiger partial charge in [0, 0.05) is 24.3 Å². The van der Waals surface area contributed by atoms with E-state index in [0.717, 1.165) is 11.1 Å². The summed E-state index contributed by atoms with van der Waals surface area (Å²) < 4.78 is 30.0. The minimum Gasteiger partial charge on any atom is -0.395 e. The number of ketones is 1. The molecule has 0 aromatic carbocycles. The molecule has 3 N–H and O–H groups in total. The average molecular weight is 428 g/mol. The highest BCUT2D eigenvalue weighted by molar-refractivity contribution is 7.85. The van der Waals surface area contributed by atoms with E-state index in [9.17, 15) is 23.1 Å². The van der Waals surface area contributed by atoms with Gasteiger partial charge in [0.2, 0.25) is 5.91 Å². The Hall–Kier alpha value is -1.77. The fourth-order valence-corrected chi connectivity index (χ4v) is 3.62. The Morgan fingerprint density at radius 3 is 2.62 bits per heavy atom. The van der Waals surface area contributed by atoms with Crippen LogP contribution in [-0.4, -0.2) is 48.7 Å². The van der Waals surface area contributed by atoms with Gasteiger partial charge in [0.05, 0.1) is 12.4 Å². The van der Waals surface area contributed by atoms with Crippen LogP contribution in [0.15, 0.2) is 34.9 Å². The van der Waals surface area contributed by atoms with E-state index in [0.29, 0.717) is 31.3 Å². The third-order valence-electron chi connectivity index (χ3n) is 5.41. The SMILES string of the molecule is CC(C=CC1=C(C)C(=O)CCC1(C)CO)=CCCC(C)C(=O)NCCS(=O)(=O)O. The van der Waals surface area contributed by atoms with Gasteiger partial charge in [-0.3, -0.25) is 14.1 Å². The average Bonchev–Trinajstić information content (AvgIpc) is 2.63. The van der Waals surface area contributed by atoms with E-state index in [1.165, 1.54) is 0 Å². The van der Waals surface area contributed by atoms with E-state index in [2.05, 4.69) is 5.32 Å². The van der Waals surface area contributed by atoms with Gasteiger partial charge in [0.15, 0.2) is 5.78 Å². The van der Waals surface area contributed by atoms with Crippen molar-refractivity contribution >= 4 is 21.8 Å². The maximum atomic E-state index is 12.0. The lowest BCUT2D eigenvalue weighted by Crippen LogP contribution is -2.33. The van der Waals surface area contributed by atoms with Crippen LogP contribution >= 0.6 is 0 Å². The highest BCUT2D eigenvalue weighted by atomic mass is 32.2. The molecule has 2 atom stereocenters. The summed E-state index contributed by atoms with van der Waals surface area (Å²) in [5, 5.41) is 12.3. The second-order valence-corrected chi connectivity index (χ2v) is 9.59. The number of rotatable bonds is 10. The van der Waals surface area contributed by atoms with Gasteiger partial charge in [-0.1, -0.05) is 37.6 Å². The smallest absolute Gasteiger partial charge is 0.266 e. The third kappa shape index (κ3) is 8.24. The van der Waals surface area contributed by atoms with Crippen molar-refractivity contribution in [3.8, 4) is 0 Å². The van der Waals surface area contributed by atoms with E-state index in [1.54, 1.807) is 13.8 Å². The van der Waals surface area contributed by atoms with E-state index in [-0.39, 0.29) is 30.8 Å². The van der Waals surface area contributed by atoms with Gasteiger partial charge < -0.3 is 10.4 Å². The summed E-state index contributed by atoms with van der Waals surface area (Å²) in [6, 6.07) is 0. The number of allylic oxidation sites excluding steroid dienone is 5. The van der Waals surface area contributed by atoms with Gasteiger partial charge in [-0.15, -0.1) is 0 Å². The number of hydrogen-bond donors (Lipinski definition) is 3. The largest absolute Gasteiger partial charge is 0.395 e. The van der Waals surface area contributed by atoms with E-state index in [1.807, 2.05) is 32.1 Å². The quantitative estimate of drug-likeness (QED) is 0.364. The first kappa shape index (κ1) is 25.3. The van der Waals surface area contributed by atoms with E-state index >= 15 is 0 Å². The standard InChI is InChI=1S/C21H33NO6S/c1-15(6-5-7-16(2)20(25)22-12-13-29(26,27)28)8-9-18-17(3)19(24)10-11-21(18,4)14-23/h6,8-9,16,23H,5,7,10-14H2,1-4H3,(H,22,25)(H,26,27,28). The van der Waals surface area contributed by atoms with Crippen molar-refractivity contribution in [3.05, 3.63) is 34.9 Å². The lowest BCUT2D eigenvalue weighted by molar-refractivity contribution is -0.124. The van der Waals surface area contributed by atoms with Crippen molar-refractivity contribution in [1.29, 1.82) is 0 Å². The Morgan fingerprint density at radius 2 is 2.03 bits per heavy atom. The van der Waals surface area contributed by atoms with Crippen LogP contribution in [0.2, 0.25) is 0 Å². The molecular weight excluding hydrogens is 394 g/mol. The molecule has 8 heteroatoms. The fraction of sp³-hybridized carbons (Fsp3) is 0.619. The van der Waals surface area contributed by atoms with Gasteiger partial charge in [-0.05, 0) is 44.3 Å².